The largest absolute Gasteiger partial charge is 0.309 e. The number of benzene rings is 7. The fourth-order valence-electron chi connectivity index (χ4n) is 8.12. The molecule has 7 aromatic carbocycles. The van der Waals surface area contributed by atoms with Gasteiger partial charge < -0.3 is 4.57 Å². The van der Waals surface area contributed by atoms with Crippen LogP contribution in [0.25, 0.3) is 89.2 Å². The second-order valence-electron chi connectivity index (χ2n) is 14.0. The Morgan fingerprint density at radius 1 is 0.370 bits per heavy atom. The van der Waals surface area contributed by atoms with Crippen LogP contribution in [0.5, 0.6) is 0 Å². The molecule has 0 atom stereocenters. The molecular weight excluding hydrogens is 657 g/mol. The smallest absolute Gasteiger partial charge is 0.145 e. The molecular formula is C50H36N4. The first-order chi connectivity index (χ1) is 26.6. The second-order valence-corrected chi connectivity index (χ2v) is 14.0. The minimum atomic E-state index is 0.897. The Kier molecular flexibility index (Phi) is 7.55. The van der Waals surface area contributed by atoms with Crippen molar-refractivity contribution in [3.05, 3.63) is 193 Å². The number of fused-ring (bicyclic) bond motifs is 4. The minimum Gasteiger partial charge on any atom is -0.309 e. The standard InChI is InChI=1S/C50H36N4/c1-33-14-12-15-34(2)49(33)37-30-36(31-38(32-37)50-52-45-20-8-11-25-48(45)54(50)39-16-4-3-5-17-39)44-22-13-21-43(51-44)35-26-28-40(29-27-35)53-46-23-9-6-18-41(46)42-19-7-10-24-47(42)53/h3-32H,1-2H3. The first kappa shape index (κ1) is 31.7. The van der Waals surface area contributed by atoms with E-state index < -0.39 is 0 Å². The maximum absolute atomic E-state index is 5.31. The molecule has 0 amide bonds. The summed E-state index contributed by atoms with van der Waals surface area (Å²) in [6, 6.07) is 64.6. The van der Waals surface area contributed by atoms with Gasteiger partial charge in [0.1, 0.15) is 5.82 Å². The van der Waals surface area contributed by atoms with Crippen molar-refractivity contribution < 1.29 is 0 Å². The lowest BCUT2D eigenvalue weighted by molar-refractivity contribution is 1.10. The third kappa shape index (κ3) is 5.31. The molecule has 54 heavy (non-hydrogen) atoms. The first-order valence-corrected chi connectivity index (χ1v) is 18.4. The van der Waals surface area contributed by atoms with Gasteiger partial charge >= 0.3 is 0 Å². The first-order valence-electron chi connectivity index (χ1n) is 18.4. The summed E-state index contributed by atoms with van der Waals surface area (Å²) in [7, 11) is 0. The Morgan fingerprint density at radius 2 is 0.907 bits per heavy atom. The van der Waals surface area contributed by atoms with Gasteiger partial charge in [0.25, 0.3) is 0 Å². The van der Waals surface area contributed by atoms with Gasteiger partial charge in [-0.15, -0.1) is 0 Å². The van der Waals surface area contributed by atoms with Gasteiger partial charge in [-0.1, -0.05) is 103 Å². The fraction of sp³-hybridized carbons (Fsp3) is 0.0400. The number of rotatable bonds is 6. The van der Waals surface area contributed by atoms with E-state index in [1.54, 1.807) is 0 Å². The molecule has 0 aliphatic rings. The topological polar surface area (TPSA) is 35.6 Å². The van der Waals surface area contributed by atoms with Crippen LogP contribution in [0.1, 0.15) is 11.1 Å². The Bertz CT molecular complexity index is 2930. The van der Waals surface area contributed by atoms with E-state index in [0.29, 0.717) is 0 Å². The van der Waals surface area contributed by atoms with E-state index in [-0.39, 0.29) is 0 Å². The van der Waals surface area contributed by atoms with Crippen molar-refractivity contribution in [1.29, 1.82) is 0 Å². The second kappa shape index (κ2) is 12.9. The van der Waals surface area contributed by atoms with Gasteiger partial charge in [0, 0.05) is 38.8 Å². The Morgan fingerprint density at radius 3 is 1.61 bits per heavy atom. The third-order valence-corrected chi connectivity index (χ3v) is 10.6. The summed E-state index contributed by atoms with van der Waals surface area (Å²) in [5.74, 6) is 0.897. The van der Waals surface area contributed by atoms with Crippen molar-refractivity contribution in [1.82, 2.24) is 19.1 Å². The Balaban J connectivity index is 1.11. The lowest BCUT2D eigenvalue weighted by Crippen LogP contribution is -1.99. The molecule has 0 spiro atoms. The SMILES string of the molecule is Cc1cccc(C)c1-c1cc(-c2cccc(-c3ccc(-n4c5ccccc5c5ccccc54)cc3)n2)cc(-c2nc3ccccc3n2-c2ccccc2)c1. The number of pyridine rings is 1. The van der Waals surface area contributed by atoms with Crippen LogP contribution >= 0.6 is 0 Å². The van der Waals surface area contributed by atoms with Crippen molar-refractivity contribution in [2.75, 3.05) is 0 Å². The number of nitrogens with zero attached hydrogens (tertiary/aromatic N) is 4. The van der Waals surface area contributed by atoms with Gasteiger partial charge in [-0.05, 0) is 115 Å². The van der Waals surface area contributed by atoms with E-state index >= 15 is 0 Å². The highest BCUT2D eigenvalue weighted by Gasteiger charge is 2.18. The van der Waals surface area contributed by atoms with E-state index in [0.717, 1.165) is 61.9 Å². The average molecular weight is 693 g/mol. The zero-order valence-corrected chi connectivity index (χ0v) is 30.1. The molecule has 0 radical (unpaired) electrons. The highest BCUT2D eigenvalue weighted by Crippen LogP contribution is 2.38. The number of para-hydroxylation sites is 5. The summed E-state index contributed by atoms with van der Waals surface area (Å²) in [4.78, 5) is 10.6. The Labute approximate surface area is 314 Å². The summed E-state index contributed by atoms with van der Waals surface area (Å²) in [5.41, 5.74) is 16.5. The number of hydrogen-bond acceptors (Lipinski definition) is 2. The quantitative estimate of drug-likeness (QED) is 0.174. The van der Waals surface area contributed by atoms with Crippen LogP contribution in [0.4, 0.5) is 0 Å². The summed E-state index contributed by atoms with van der Waals surface area (Å²) >= 11 is 0. The minimum absolute atomic E-state index is 0.897. The highest BCUT2D eigenvalue weighted by atomic mass is 15.1. The zero-order valence-electron chi connectivity index (χ0n) is 30.1. The predicted molar refractivity (Wildman–Crippen MR) is 224 cm³/mol. The van der Waals surface area contributed by atoms with E-state index in [1.165, 1.54) is 38.5 Å². The molecule has 0 aliphatic heterocycles. The average Bonchev–Trinajstić information content (AvgIpc) is 3.78. The van der Waals surface area contributed by atoms with Crippen LogP contribution in [0.15, 0.2) is 182 Å². The van der Waals surface area contributed by atoms with E-state index in [9.17, 15) is 0 Å². The Hall–Kier alpha value is -7.04. The molecule has 0 fully saturated rings. The fourth-order valence-corrected chi connectivity index (χ4v) is 8.12. The molecule has 3 aromatic heterocycles. The van der Waals surface area contributed by atoms with Crippen LogP contribution in [-0.4, -0.2) is 19.1 Å². The van der Waals surface area contributed by atoms with E-state index in [1.807, 2.05) is 0 Å². The molecule has 0 unspecified atom stereocenters. The molecule has 10 rings (SSSR count). The maximum atomic E-state index is 5.31. The van der Waals surface area contributed by atoms with Crippen LogP contribution in [0.2, 0.25) is 0 Å². The molecule has 0 N–H and O–H groups in total. The summed E-state index contributed by atoms with van der Waals surface area (Å²) in [6.07, 6.45) is 0. The van der Waals surface area contributed by atoms with Crippen molar-refractivity contribution >= 4 is 32.8 Å². The van der Waals surface area contributed by atoms with Crippen LogP contribution in [0.3, 0.4) is 0 Å². The normalized spacial score (nSPS) is 11.5. The van der Waals surface area contributed by atoms with Gasteiger partial charge in [0.2, 0.25) is 0 Å². The number of imidazole rings is 1. The zero-order chi connectivity index (χ0) is 36.2. The van der Waals surface area contributed by atoms with Gasteiger partial charge in [-0.3, -0.25) is 4.57 Å². The predicted octanol–water partition coefficient (Wildman–Crippen LogP) is 12.8. The molecule has 0 aliphatic carbocycles. The van der Waals surface area contributed by atoms with E-state index in [4.69, 9.17) is 9.97 Å². The third-order valence-electron chi connectivity index (χ3n) is 10.6. The monoisotopic (exact) mass is 692 g/mol. The summed E-state index contributed by atoms with van der Waals surface area (Å²) < 4.78 is 4.62. The van der Waals surface area contributed by atoms with Gasteiger partial charge in [0.15, 0.2) is 0 Å². The molecule has 0 saturated carbocycles. The lowest BCUT2D eigenvalue weighted by atomic mass is 9.92. The van der Waals surface area contributed by atoms with Crippen molar-refractivity contribution in [3.8, 4) is 56.4 Å². The molecule has 4 heteroatoms. The molecule has 0 saturated heterocycles. The number of aryl methyl sites for hydroxylation is 2. The lowest BCUT2D eigenvalue weighted by Gasteiger charge is -2.16. The maximum Gasteiger partial charge on any atom is 0.145 e. The molecule has 0 bridgehead atoms. The molecule has 4 nitrogen and oxygen atoms in total. The summed E-state index contributed by atoms with van der Waals surface area (Å²) in [6.45, 7) is 4.38. The highest BCUT2D eigenvalue weighted by molar-refractivity contribution is 6.09. The number of aromatic nitrogens is 4. The van der Waals surface area contributed by atoms with Gasteiger partial charge in [-0.2, -0.15) is 0 Å². The van der Waals surface area contributed by atoms with Gasteiger partial charge in [0.05, 0.1) is 33.5 Å². The van der Waals surface area contributed by atoms with Gasteiger partial charge in [-0.25, -0.2) is 9.97 Å². The van der Waals surface area contributed by atoms with Crippen molar-refractivity contribution in [2.45, 2.75) is 13.8 Å². The van der Waals surface area contributed by atoms with Crippen molar-refractivity contribution in [2.24, 2.45) is 0 Å². The van der Waals surface area contributed by atoms with E-state index in [2.05, 4.69) is 205 Å². The number of hydrogen-bond donors (Lipinski definition) is 0. The van der Waals surface area contributed by atoms with Crippen LogP contribution < -0.4 is 0 Å². The molecule has 256 valence electrons. The molecule has 10 aromatic rings. The molecule has 3 heterocycles. The van der Waals surface area contributed by atoms with Crippen molar-refractivity contribution in [3.63, 3.8) is 0 Å². The van der Waals surface area contributed by atoms with Crippen LogP contribution in [-0.2, 0) is 0 Å². The summed E-state index contributed by atoms with van der Waals surface area (Å²) in [5, 5.41) is 2.52. The van der Waals surface area contributed by atoms with Crippen LogP contribution in [0, 0.1) is 13.8 Å².